The molecule has 5 heteroatoms. The molecule has 3 unspecified atom stereocenters. The highest BCUT2D eigenvalue weighted by Crippen LogP contribution is 2.30. The molecule has 3 atom stereocenters. The Labute approximate surface area is 121 Å². The fourth-order valence-corrected chi connectivity index (χ4v) is 3.09. The van der Waals surface area contributed by atoms with Crippen LogP contribution >= 0.6 is 0 Å². The number of rotatable bonds is 5. The molecular weight excluding hydrogens is 254 g/mol. The van der Waals surface area contributed by atoms with E-state index in [-0.39, 0.29) is 0 Å². The number of nitrogens with zero attached hydrogens (tertiary/aromatic N) is 2. The average molecular weight is 279 g/mol. The van der Waals surface area contributed by atoms with Crippen LogP contribution in [0.2, 0.25) is 0 Å². The summed E-state index contributed by atoms with van der Waals surface area (Å²) >= 11 is 0. The molecule has 1 N–H and O–H groups in total. The van der Waals surface area contributed by atoms with Gasteiger partial charge in [0.05, 0.1) is 19.8 Å². The molecule has 0 spiro atoms. The summed E-state index contributed by atoms with van der Waals surface area (Å²) in [6.07, 6.45) is 5.27. The molecule has 0 bridgehead atoms. The molecule has 112 valence electrons. The largest absolute Gasteiger partial charge is 0.481 e. The van der Waals surface area contributed by atoms with E-state index >= 15 is 0 Å². The van der Waals surface area contributed by atoms with Crippen LogP contribution < -0.4 is 14.8 Å². The van der Waals surface area contributed by atoms with Crippen molar-refractivity contribution >= 4 is 0 Å². The van der Waals surface area contributed by atoms with Crippen LogP contribution in [0, 0.1) is 11.8 Å². The monoisotopic (exact) mass is 279 g/mol. The minimum Gasteiger partial charge on any atom is -0.481 e. The normalized spacial score (nSPS) is 26.3. The molecule has 1 aliphatic carbocycles. The molecular formula is C15H25N3O2. The van der Waals surface area contributed by atoms with E-state index in [1.807, 2.05) is 0 Å². The van der Waals surface area contributed by atoms with Crippen molar-refractivity contribution in [1.29, 1.82) is 0 Å². The van der Waals surface area contributed by atoms with Crippen LogP contribution in [-0.2, 0) is 6.54 Å². The van der Waals surface area contributed by atoms with Gasteiger partial charge in [0.1, 0.15) is 6.33 Å². The second kappa shape index (κ2) is 6.88. The van der Waals surface area contributed by atoms with E-state index in [1.165, 1.54) is 25.6 Å². The van der Waals surface area contributed by atoms with Crippen LogP contribution in [0.4, 0.5) is 0 Å². The Morgan fingerprint density at radius 2 is 1.80 bits per heavy atom. The standard InChI is InChI=1S/C15H25N3O2/c1-10-5-6-13(11(2)7-10)16-8-12-14(19-3)17-9-18-15(12)20-4/h9-11,13,16H,5-8H2,1-4H3. The minimum absolute atomic E-state index is 0.542. The molecule has 0 saturated heterocycles. The third-order valence-electron chi connectivity index (χ3n) is 4.23. The number of hydrogen-bond donors (Lipinski definition) is 1. The van der Waals surface area contributed by atoms with Crippen LogP contribution in [0.3, 0.4) is 0 Å². The van der Waals surface area contributed by atoms with Gasteiger partial charge in [0.25, 0.3) is 0 Å². The van der Waals surface area contributed by atoms with Crippen LogP contribution in [0.25, 0.3) is 0 Å². The first kappa shape index (κ1) is 15.0. The highest BCUT2D eigenvalue weighted by Gasteiger charge is 2.25. The second-order valence-corrected chi connectivity index (χ2v) is 5.75. The van der Waals surface area contributed by atoms with Crippen molar-refractivity contribution in [2.24, 2.45) is 11.8 Å². The van der Waals surface area contributed by atoms with Crippen molar-refractivity contribution in [3.05, 3.63) is 11.9 Å². The molecule has 1 aromatic rings. The maximum absolute atomic E-state index is 5.30. The summed E-state index contributed by atoms with van der Waals surface area (Å²) in [5.74, 6) is 2.70. The lowest BCUT2D eigenvalue weighted by molar-refractivity contribution is 0.225. The lowest BCUT2D eigenvalue weighted by Gasteiger charge is -2.33. The fourth-order valence-electron chi connectivity index (χ4n) is 3.09. The van der Waals surface area contributed by atoms with Gasteiger partial charge < -0.3 is 14.8 Å². The Morgan fingerprint density at radius 1 is 1.15 bits per heavy atom. The Morgan fingerprint density at radius 3 is 2.35 bits per heavy atom. The van der Waals surface area contributed by atoms with E-state index in [4.69, 9.17) is 9.47 Å². The maximum atomic E-state index is 5.30. The zero-order valence-electron chi connectivity index (χ0n) is 12.8. The molecule has 20 heavy (non-hydrogen) atoms. The van der Waals surface area contributed by atoms with Crippen molar-refractivity contribution in [1.82, 2.24) is 15.3 Å². The topological polar surface area (TPSA) is 56.3 Å². The highest BCUT2D eigenvalue weighted by atomic mass is 16.5. The van der Waals surface area contributed by atoms with Gasteiger partial charge in [-0.25, -0.2) is 9.97 Å². The predicted molar refractivity (Wildman–Crippen MR) is 77.9 cm³/mol. The lowest BCUT2D eigenvalue weighted by Crippen LogP contribution is -2.38. The number of aromatic nitrogens is 2. The predicted octanol–water partition coefficient (Wildman–Crippen LogP) is 2.41. The molecule has 5 nitrogen and oxygen atoms in total. The van der Waals surface area contributed by atoms with E-state index in [0.29, 0.717) is 30.3 Å². The van der Waals surface area contributed by atoms with Crippen LogP contribution in [-0.4, -0.2) is 30.2 Å². The molecule has 0 aromatic carbocycles. The third-order valence-corrected chi connectivity index (χ3v) is 4.23. The average Bonchev–Trinajstić information content (AvgIpc) is 2.46. The number of ether oxygens (including phenoxy) is 2. The minimum atomic E-state index is 0.542. The van der Waals surface area contributed by atoms with Crippen LogP contribution in [0.5, 0.6) is 11.8 Å². The first-order valence-electron chi connectivity index (χ1n) is 7.31. The van der Waals surface area contributed by atoms with Gasteiger partial charge in [0, 0.05) is 12.6 Å². The van der Waals surface area contributed by atoms with Gasteiger partial charge in [-0.05, 0) is 31.1 Å². The van der Waals surface area contributed by atoms with Gasteiger partial charge in [-0.1, -0.05) is 13.8 Å². The van der Waals surface area contributed by atoms with Gasteiger partial charge >= 0.3 is 0 Å². The van der Waals surface area contributed by atoms with Gasteiger partial charge in [0.15, 0.2) is 0 Å². The Balaban J connectivity index is 2.03. The molecule has 1 fully saturated rings. The molecule has 0 amide bonds. The highest BCUT2D eigenvalue weighted by molar-refractivity contribution is 5.34. The van der Waals surface area contributed by atoms with E-state index in [0.717, 1.165) is 11.5 Å². The SMILES string of the molecule is COc1ncnc(OC)c1CNC1CCC(C)CC1C. The summed E-state index contributed by atoms with van der Waals surface area (Å²) < 4.78 is 10.6. The first-order valence-corrected chi connectivity index (χ1v) is 7.31. The molecule has 1 aromatic heterocycles. The summed E-state index contributed by atoms with van der Waals surface area (Å²) in [6.45, 7) is 5.34. The third kappa shape index (κ3) is 3.39. The van der Waals surface area contributed by atoms with Crippen molar-refractivity contribution in [3.63, 3.8) is 0 Å². The zero-order valence-corrected chi connectivity index (χ0v) is 12.8. The van der Waals surface area contributed by atoms with Crippen LogP contribution in [0.15, 0.2) is 6.33 Å². The van der Waals surface area contributed by atoms with E-state index in [2.05, 4.69) is 29.1 Å². The van der Waals surface area contributed by atoms with Crippen LogP contribution in [0.1, 0.15) is 38.7 Å². The molecule has 1 aliphatic rings. The summed E-state index contributed by atoms with van der Waals surface area (Å²) in [7, 11) is 3.24. The van der Waals surface area contributed by atoms with E-state index < -0.39 is 0 Å². The smallest absolute Gasteiger partial charge is 0.224 e. The first-order chi connectivity index (χ1) is 9.65. The van der Waals surface area contributed by atoms with Gasteiger partial charge in [-0.2, -0.15) is 0 Å². The van der Waals surface area contributed by atoms with Crippen molar-refractivity contribution < 1.29 is 9.47 Å². The second-order valence-electron chi connectivity index (χ2n) is 5.75. The summed E-state index contributed by atoms with van der Waals surface area (Å²) in [6, 6.07) is 0.542. The lowest BCUT2D eigenvalue weighted by atomic mass is 9.80. The molecule has 0 radical (unpaired) electrons. The Bertz CT molecular complexity index is 417. The van der Waals surface area contributed by atoms with Gasteiger partial charge in [0.2, 0.25) is 11.8 Å². The Kier molecular flexibility index (Phi) is 5.17. The van der Waals surface area contributed by atoms with Crippen molar-refractivity contribution in [2.45, 2.75) is 45.7 Å². The number of methoxy groups -OCH3 is 2. The van der Waals surface area contributed by atoms with Gasteiger partial charge in [-0.15, -0.1) is 0 Å². The summed E-state index contributed by atoms with van der Waals surface area (Å²) in [4.78, 5) is 8.29. The summed E-state index contributed by atoms with van der Waals surface area (Å²) in [5.41, 5.74) is 0.892. The van der Waals surface area contributed by atoms with Crippen molar-refractivity contribution in [2.75, 3.05) is 14.2 Å². The Hall–Kier alpha value is -1.36. The van der Waals surface area contributed by atoms with Crippen molar-refractivity contribution in [3.8, 4) is 11.8 Å². The molecule has 1 heterocycles. The van der Waals surface area contributed by atoms with Gasteiger partial charge in [-0.3, -0.25) is 0 Å². The molecule has 0 aliphatic heterocycles. The molecule has 1 saturated carbocycles. The number of nitrogens with one attached hydrogen (secondary N) is 1. The number of hydrogen-bond acceptors (Lipinski definition) is 5. The summed E-state index contributed by atoms with van der Waals surface area (Å²) in [5, 5.41) is 3.62. The van der Waals surface area contributed by atoms with E-state index in [1.54, 1.807) is 14.2 Å². The fraction of sp³-hybridized carbons (Fsp3) is 0.733. The molecule has 2 rings (SSSR count). The van der Waals surface area contributed by atoms with E-state index in [9.17, 15) is 0 Å². The maximum Gasteiger partial charge on any atom is 0.224 e. The zero-order chi connectivity index (χ0) is 14.5. The quantitative estimate of drug-likeness (QED) is 0.897.